The van der Waals surface area contributed by atoms with Crippen LogP contribution in [0.25, 0.3) is 0 Å². The normalized spacial score (nSPS) is 10.8. The van der Waals surface area contributed by atoms with E-state index in [0.717, 1.165) is 11.8 Å². The summed E-state index contributed by atoms with van der Waals surface area (Å²) in [5.41, 5.74) is 3.20. The first-order valence-electron chi connectivity index (χ1n) is 5.39. The first-order valence-corrected chi connectivity index (χ1v) is 6.27. The Labute approximate surface area is 117 Å². The average Bonchev–Trinajstić information content (AvgIpc) is 2.79. The first kappa shape index (κ1) is 13.7. The van der Waals surface area contributed by atoms with Crippen molar-refractivity contribution < 1.29 is 15.1 Å². The van der Waals surface area contributed by atoms with Crippen LogP contribution in [-0.2, 0) is 0 Å². The second kappa shape index (κ2) is 5.53. The third-order valence-electron chi connectivity index (χ3n) is 2.28. The number of nitrogens with zero attached hydrogens (tertiary/aromatic N) is 3. The Hall–Kier alpha value is -2.68. The van der Waals surface area contributed by atoms with Crippen molar-refractivity contribution in [2.24, 2.45) is 5.10 Å². The second-order valence-corrected chi connectivity index (χ2v) is 4.69. The van der Waals surface area contributed by atoms with E-state index in [1.807, 2.05) is 12.3 Å². The van der Waals surface area contributed by atoms with Crippen LogP contribution in [0.5, 0.6) is 11.5 Å². The van der Waals surface area contributed by atoms with Gasteiger partial charge < -0.3 is 10.2 Å². The van der Waals surface area contributed by atoms with Crippen molar-refractivity contribution >= 4 is 28.4 Å². The van der Waals surface area contributed by atoms with Crippen LogP contribution >= 0.6 is 11.3 Å². The van der Waals surface area contributed by atoms with Crippen LogP contribution in [-0.4, -0.2) is 26.3 Å². The summed E-state index contributed by atoms with van der Waals surface area (Å²) >= 11 is 1.36. The molecule has 0 saturated carbocycles. The Balaban J connectivity index is 2.19. The highest BCUT2D eigenvalue weighted by Crippen LogP contribution is 2.35. The van der Waals surface area contributed by atoms with Gasteiger partial charge in [-0.1, -0.05) is 0 Å². The van der Waals surface area contributed by atoms with E-state index in [-0.39, 0.29) is 5.56 Å². The SMILES string of the molecule is Cc1csc(NN=Cc2cc(O)c(O)c([N+](=O)[O-])c2)n1. The number of hydrogen-bond donors (Lipinski definition) is 3. The molecule has 0 saturated heterocycles. The van der Waals surface area contributed by atoms with Crippen molar-refractivity contribution in [1.29, 1.82) is 0 Å². The maximum absolute atomic E-state index is 10.7. The van der Waals surface area contributed by atoms with Gasteiger partial charge in [-0.2, -0.15) is 5.10 Å². The molecule has 0 unspecified atom stereocenters. The lowest BCUT2D eigenvalue weighted by Gasteiger charge is -2.00. The molecule has 0 aliphatic heterocycles. The molecule has 9 heteroatoms. The number of nitrogens with one attached hydrogen (secondary N) is 1. The van der Waals surface area contributed by atoms with Gasteiger partial charge in [0.15, 0.2) is 5.75 Å². The highest BCUT2D eigenvalue weighted by molar-refractivity contribution is 7.13. The van der Waals surface area contributed by atoms with Crippen molar-refractivity contribution in [3.8, 4) is 11.5 Å². The van der Waals surface area contributed by atoms with Gasteiger partial charge in [0, 0.05) is 17.0 Å². The second-order valence-electron chi connectivity index (χ2n) is 3.83. The number of phenolic OH excluding ortho intramolecular Hbond substituents is 2. The first-order chi connectivity index (χ1) is 9.47. The van der Waals surface area contributed by atoms with Gasteiger partial charge in [-0.25, -0.2) is 4.98 Å². The van der Waals surface area contributed by atoms with Gasteiger partial charge >= 0.3 is 5.69 Å². The van der Waals surface area contributed by atoms with Gasteiger partial charge in [-0.3, -0.25) is 15.5 Å². The minimum absolute atomic E-state index is 0.271. The summed E-state index contributed by atoms with van der Waals surface area (Å²) in [4.78, 5) is 14.0. The molecule has 0 radical (unpaired) electrons. The van der Waals surface area contributed by atoms with E-state index in [9.17, 15) is 20.3 Å². The molecule has 0 spiro atoms. The number of benzene rings is 1. The average molecular weight is 294 g/mol. The summed E-state index contributed by atoms with van der Waals surface area (Å²) in [6.45, 7) is 1.84. The van der Waals surface area contributed by atoms with Gasteiger partial charge in [-0.05, 0) is 13.0 Å². The van der Waals surface area contributed by atoms with E-state index in [1.165, 1.54) is 23.6 Å². The fraction of sp³-hybridized carbons (Fsp3) is 0.0909. The van der Waals surface area contributed by atoms with Gasteiger partial charge in [0.05, 0.1) is 16.8 Å². The number of phenols is 2. The number of thiazole rings is 1. The van der Waals surface area contributed by atoms with Crippen LogP contribution in [0.15, 0.2) is 22.6 Å². The summed E-state index contributed by atoms with van der Waals surface area (Å²) in [5.74, 6) is -1.35. The van der Waals surface area contributed by atoms with E-state index in [0.29, 0.717) is 5.13 Å². The van der Waals surface area contributed by atoms with Gasteiger partial charge in [0.25, 0.3) is 0 Å². The van der Waals surface area contributed by atoms with Crippen molar-refractivity contribution in [2.75, 3.05) is 5.43 Å². The number of nitro benzene ring substituents is 1. The zero-order chi connectivity index (χ0) is 14.7. The Bertz CT molecular complexity index is 683. The summed E-state index contributed by atoms with van der Waals surface area (Å²) in [6, 6.07) is 2.27. The van der Waals surface area contributed by atoms with E-state index < -0.39 is 22.1 Å². The van der Waals surface area contributed by atoms with Crippen molar-refractivity contribution in [3.05, 3.63) is 38.9 Å². The minimum atomic E-state index is -0.788. The van der Waals surface area contributed by atoms with Crippen LogP contribution < -0.4 is 5.43 Å². The van der Waals surface area contributed by atoms with Crippen LogP contribution in [0.4, 0.5) is 10.8 Å². The molecule has 0 aliphatic rings. The lowest BCUT2D eigenvalue weighted by Crippen LogP contribution is -1.93. The molecule has 0 atom stereocenters. The zero-order valence-corrected chi connectivity index (χ0v) is 11.1. The number of aryl methyl sites for hydroxylation is 1. The van der Waals surface area contributed by atoms with Crippen LogP contribution in [0.2, 0.25) is 0 Å². The molecule has 8 nitrogen and oxygen atoms in total. The molecule has 1 aromatic carbocycles. The molecule has 0 aliphatic carbocycles. The van der Waals surface area contributed by atoms with E-state index >= 15 is 0 Å². The predicted octanol–water partition coefficient (Wildman–Crippen LogP) is 2.22. The van der Waals surface area contributed by atoms with Crippen molar-refractivity contribution in [3.63, 3.8) is 0 Å². The maximum atomic E-state index is 10.7. The third-order valence-corrected chi connectivity index (χ3v) is 3.15. The predicted molar refractivity (Wildman–Crippen MR) is 74.5 cm³/mol. The van der Waals surface area contributed by atoms with Crippen LogP contribution in [0.3, 0.4) is 0 Å². The summed E-state index contributed by atoms with van der Waals surface area (Å²) in [5, 5.41) is 35.7. The summed E-state index contributed by atoms with van der Waals surface area (Å²) in [6.07, 6.45) is 1.28. The van der Waals surface area contributed by atoms with Crippen LogP contribution in [0, 0.1) is 17.0 Å². The molecule has 2 aromatic rings. The van der Waals surface area contributed by atoms with E-state index in [2.05, 4.69) is 15.5 Å². The Kier molecular flexibility index (Phi) is 3.80. The lowest BCUT2D eigenvalue weighted by atomic mass is 10.2. The molecular weight excluding hydrogens is 284 g/mol. The molecule has 1 aromatic heterocycles. The van der Waals surface area contributed by atoms with E-state index in [4.69, 9.17) is 0 Å². The van der Waals surface area contributed by atoms with Crippen molar-refractivity contribution in [2.45, 2.75) is 6.92 Å². The summed E-state index contributed by atoms with van der Waals surface area (Å²) < 4.78 is 0. The number of hydrazone groups is 1. The molecular formula is C11H10N4O4S. The lowest BCUT2D eigenvalue weighted by molar-refractivity contribution is -0.386. The van der Waals surface area contributed by atoms with Crippen LogP contribution in [0.1, 0.15) is 11.3 Å². The topological polar surface area (TPSA) is 121 Å². The van der Waals surface area contributed by atoms with Crippen molar-refractivity contribution in [1.82, 2.24) is 4.98 Å². The van der Waals surface area contributed by atoms with E-state index in [1.54, 1.807) is 0 Å². The number of aromatic hydroxyl groups is 2. The Morgan fingerprint density at radius 1 is 1.50 bits per heavy atom. The molecule has 0 bridgehead atoms. The largest absolute Gasteiger partial charge is 0.504 e. The van der Waals surface area contributed by atoms with Gasteiger partial charge in [0.2, 0.25) is 10.9 Å². The van der Waals surface area contributed by atoms with Gasteiger partial charge in [-0.15, -0.1) is 11.3 Å². The highest BCUT2D eigenvalue weighted by Gasteiger charge is 2.18. The fourth-order valence-electron chi connectivity index (χ4n) is 1.41. The Morgan fingerprint density at radius 3 is 2.85 bits per heavy atom. The summed E-state index contributed by atoms with van der Waals surface area (Å²) in [7, 11) is 0. The third kappa shape index (κ3) is 3.01. The standard InChI is InChI=1S/C11H10N4O4S/c1-6-5-20-11(13-6)14-12-4-7-2-8(15(18)19)10(17)9(16)3-7/h2-5,16-17H,1H3,(H,13,14). The monoisotopic (exact) mass is 294 g/mol. The quantitative estimate of drug-likeness (QED) is 0.344. The number of nitro groups is 1. The number of aromatic nitrogens is 1. The molecule has 0 fully saturated rings. The molecule has 3 N–H and O–H groups in total. The molecule has 104 valence electrons. The van der Waals surface area contributed by atoms with Gasteiger partial charge in [0.1, 0.15) is 0 Å². The maximum Gasteiger partial charge on any atom is 0.315 e. The smallest absolute Gasteiger partial charge is 0.315 e. The number of hydrogen-bond acceptors (Lipinski definition) is 8. The zero-order valence-electron chi connectivity index (χ0n) is 10.3. The molecule has 2 rings (SSSR count). The molecule has 1 heterocycles. The number of rotatable bonds is 4. The molecule has 20 heavy (non-hydrogen) atoms. The highest BCUT2D eigenvalue weighted by atomic mass is 32.1. The fourth-order valence-corrected chi connectivity index (χ4v) is 2.04. The minimum Gasteiger partial charge on any atom is -0.504 e. The molecule has 0 amide bonds. The Morgan fingerprint density at radius 2 is 2.25 bits per heavy atom. The number of anilines is 1.